The van der Waals surface area contributed by atoms with Gasteiger partial charge in [-0.05, 0) is 62.3 Å². The molecule has 1 aromatic carbocycles. The zero-order chi connectivity index (χ0) is 19.8. The van der Waals surface area contributed by atoms with Crippen molar-refractivity contribution in [3.05, 3.63) is 62.0 Å². The molecule has 0 saturated carbocycles. The third-order valence-corrected chi connectivity index (χ3v) is 6.56. The Bertz CT molecular complexity index is 1100. The quantitative estimate of drug-likeness (QED) is 0.623. The van der Waals surface area contributed by atoms with Crippen molar-refractivity contribution in [3.8, 4) is 0 Å². The smallest absolute Gasteiger partial charge is 0.338 e. The molecule has 2 heterocycles. The Morgan fingerprint density at radius 1 is 1.32 bits per heavy atom. The molecule has 1 atom stereocenters. The van der Waals surface area contributed by atoms with Crippen molar-refractivity contribution < 1.29 is 9.53 Å². The molecule has 0 saturated heterocycles. The van der Waals surface area contributed by atoms with E-state index in [1.807, 2.05) is 19.1 Å². The summed E-state index contributed by atoms with van der Waals surface area (Å²) in [5, 5.41) is 0.806. The highest BCUT2D eigenvalue weighted by Crippen LogP contribution is 2.35. The number of aromatic nitrogens is 2. The zero-order valence-corrected chi connectivity index (χ0v) is 17.3. The van der Waals surface area contributed by atoms with Crippen LogP contribution in [0.2, 0.25) is 0 Å². The summed E-state index contributed by atoms with van der Waals surface area (Å²) in [5.41, 5.74) is 2.73. The van der Waals surface area contributed by atoms with Crippen molar-refractivity contribution in [2.45, 2.75) is 46.6 Å². The Morgan fingerprint density at radius 2 is 2.07 bits per heavy atom. The third-order valence-electron chi connectivity index (χ3n) is 5.41. The summed E-state index contributed by atoms with van der Waals surface area (Å²) in [5.74, 6) is 1.06. The fraction of sp³-hybridized carbons (Fsp3) is 0.409. The third kappa shape index (κ3) is 3.37. The number of rotatable bonds is 4. The van der Waals surface area contributed by atoms with Crippen LogP contribution in [-0.2, 0) is 24.1 Å². The van der Waals surface area contributed by atoms with Crippen LogP contribution in [0.4, 0.5) is 0 Å². The summed E-state index contributed by atoms with van der Waals surface area (Å²) in [6.45, 7) is 6.73. The first kappa shape index (κ1) is 18.9. The second-order valence-corrected chi connectivity index (χ2v) is 8.58. The lowest BCUT2D eigenvalue weighted by Gasteiger charge is -2.17. The number of hydrogen-bond donors (Lipinski definition) is 0. The van der Waals surface area contributed by atoms with Gasteiger partial charge in [0, 0.05) is 4.88 Å². The van der Waals surface area contributed by atoms with Crippen molar-refractivity contribution >= 4 is 27.5 Å². The summed E-state index contributed by atoms with van der Waals surface area (Å²) < 4.78 is 6.76. The predicted molar refractivity (Wildman–Crippen MR) is 111 cm³/mol. The van der Waals surface area contributed by atoms with Gasteiger partial charge in [0.1, 0.15) is 10.7 Å². The maximum absolute atomic E-state index is 13.3. The molecule has 0 fully saturated rings. The van der Waals surface area contributed by atoms with Gasteiger partial charge in [-0.3, -0.25) is 9.36 Å². The van der Waals surface area contributed by atoms with E-state index in [9.17, 15) is 9.59 Å². The second-order valence-electron chi connectivity index (χ2n) is 7.50. The van der Waals surface area contributed by atoms with Crippen LogP contribution in [0.3, 0.4) is 0 Å². The summed E-state index contributed by atoms with van der Waals surface area (Å²) in [7, 11) is 0. The lowest BCUT2D eigenvalue weighted by Crippen LogP contribution is -2.25. The van der Waals surface area contributed by atoms with Crippen LogP contribution in [0.25, 0.3) is 10.2 Å². The predicted octanol–water partition coefficient (Wildman–Crippen LogP) is 4.12. The highest BCUT2D eigenvalue weighted by atomic mass is 32.1. The van der Waals surface area contributed by atoms with Crippen molar-refractivity contribution in [2.75, 3.05) is 6.61 Å². The summed E-state index contributed by atoms with van der Waals surface area (Å²) in [6.07, 6.45) is 3.14. The van der Waals surface area contributed by atoms with Crippen molar-refractivity contribution in [1.29, 1.82) is 0 Å². The van der Waals surface area contributed by atoms with Gasteiger partial charge < -0.3 is 4.74 Å². The molecule has 2 aromatic heterocycles. The molecule has 0 spiro atoms. The first-order valence-corrected chi connectivity index (χ1v) is 10.6. The van der Waals surface area contributed by atoms with E-state index in [0.717, 1.165) is 40.9 Å². The first-order chi connectivity index (χ1) is 13.5. The van der Waals surface area contributed by atoms with Crippen LogP contribution >= 0.6 is 11.3 Å². The zero-order valence-electron chi connectivity index (χ0n) is 16.4. The summed E-state index contributed by atoms with van der Waals surface area (Å²) in [4.78, 5) is 32.0. The first-order valence-electron chi connectivity index (χ1n) is 9.75. The number of aryl methyl sites for hydroxylation is 2. The molecule has 4 rings (SSSR count). The van der Waals surface area contributed by atoms with E-state index in [-0.39, 0.29) is 11.5 Å². The minimum atomic E-state index is -0.329. The number of benzene rings is 1. The Kier molecular flexibility index (Phi) is 5.06. The van der Waals surface area contributed by atoms with E-state index >= 15 is 0 Å². The number of carbonyl (C=O) groups is 1. The number of carbonyl (C=O) groups excluding carboxylic acids is 1. The molecule has 28 heavy (non-hydrogen) atoms. The Balaban J connectivity index is 1.69. The molecule has 6 heteroatoms. The van der Waals surface area contributed by atoms with Gasteiger partial charge in [-0.2, -0.15) is 0 Å². The summed E-state index contributed by atoms with van der Waals surface area (Å²) in [6, 6.07) is 7.22. The number of hydrogen-bond acceptors (Lipinski definition) is 5. The monoisotopic (exact) mass is 396 g/mol. The topological polar surface area (TPSA) is 61.2 Å². The van der Waals surface area contributed by atoms with E-state index in [0.29, 0.717) is 24.6 Å². The van der Waals surface area contributed by atoms with E-state index in [4.69, 9.17) is 9.72 Å². The van der Waals surface area contributed by atoms with E-state index in [1.165, 1.54) is 10.4 Å². The molecular formula is C22H24N2O3S. The molecule has 146 valence electrons. The lowest BCUT2D eigenvalue weighted by atomic mass is 9.89. The van der Waals surface area contributed by atoms with Gasteiger partial charge in [-0.1, -0.05) is 19.1 Å². The number of nitrogens with zero attached hydrogens (tertiary/aromatic N) is 2. The molecule has 5 nitrogen and oxygen atoms in total. The van der Waals surface area contributed by atoms with E-state index < -0.39 is 0 Å². The number of fused-ring (bicyclic) bond motifs is 3. The van der Waals surface area contributed by atoms with E-state index in [2.05, 4.69) is 6.92 Å². The number of ether oxygens (including phenoxy) is 1. The number of thiophene rings is 1. The minimum absolute atomic E-state index is 0.0454. The summed E-state index contributed by atoms with van der Waals surface area (Å²) >= 11 is 1.68. The van der Waals surface area contributed by atoms with Crippen molar-refractivity contribution in [1.82, 2.24) is 9.55 Å². The molecule has 0 amide bonds. The van der Waals surface area contributed by atoms with Crippen LogP contribution in [-0.4, -0.2) is 22.1 Å². The normalized spacial score (nSPS) is 16.2. The van der Waals surface area contributed by atoms with Crippen LogP contribution in [0, 0.1) is 12.8 Å². The van der Waals surface area contributed by atoms with Gasteiger partial charge >= 0.3 is 5.97 Å². The molecule has 0 N–H and O–H groups in total. The second kappa shape index (κ2) is 7.51. The molecule has 0 aliphatic heterocycles. The van der Waals surface area contributed by atoms with Crippen LogP contribution < -0.4 is 5.56 Å². The Hall–Kier alpha value is -2.47. The maximum Gasteiger partial charge on any atom is 0.338 e. The van der Waals surface area contributed by atoms with Crippen molar-refractivity contribution in [2.24, 2.45) is 5.92 Å². The highest BCUT2D eigenvalue weighted by Gasteiger charge is 2.24. The van der Waals surface area contributed by atoms with Gasteiger partial charge in [0.2, 0.25) is 0 Å². The van der Waals surface area contributed by atoms with E-state index in [1.54, 1.807) is 35.0 Å². The fourth-order valence-electron chi connectivity index (χ4n) is 3.85. The molecule has 1 unspecified atom stereocenters. The van der Waals surface area contributed by atoms with Gasteiger partial charge in [-0.15, -0.1) is 11.3 Å². The molecular weight excluding hydrogens is 372 g/mol. The fourth-order valence-corrected chi connectivity index (χ4v) is 5.27. The van der Waals surface area contributed by atoms with Crippen molar-refractivity contribution in [3.63, 3.8) is 0 Å². The largest absolute Gasteiger partial charge is 0.462 e. The van der Waals surface area contributed by atoms with Gasteiger partial charge in [0.25, 0.3) is 5.56 Å². The van der Waals surface area contributed by atoms with Gasteiger partial charge in [0.15, 0.2) is 0 Å². The Morgan fingerprint density at radius 3 is 2.79 bits per heavy atom. The van der Waals surface area contributed by atoms with Crippen LogP contribution in [0.1, 0.15) is 52.5 Å². The maximum atomic E-state index is 13.3. The molecule has 0 radical (unpaired) electrons. The molecule has 1 aliphatic rings. The average Bonchev–Trinajstić information content (AvgIpc) is 3.02. The van der Waals surface area contributed by atoms with Gasteiger partial charge in [0.05, 0.1) is 24.1 Å². The Labute approximate surface area is 168 Å². The van der Waals surface area contributed by atoms with Gasteiger partial charge in [-0.25, -0.2) is 9.78 Å². The molecule has 1 aliphatic carbocycles. The highest BCUT2D eigenvalue weighted by molar-refractivity contribution is 7.18. The molecule has 0 bridgehead atoms. The molecule has 3 aromatic rings. The van der Waals surface area contributed by atoms with Crippen LogP contribution in [0.15, 0.2) is 29.1 Å². The SMILES string of the molecule is CCOC(=O)c1ccc(Cn2c(C)nc3sc4c(c3c2=O)CCC(C)C4)cc1. The average molecular weight is 397 g/mol. The minimum Gasteiger partial charge on any atom is -0.462 e. The number of esters is 1. The van der Waals surface area contributed by atoms with Crippen LogP contribution in [0.5, 0.6) is 0 Å². The lowest BCUT2D eigenvalue weighted by molar-refractivity contribution is 0.0526. The standard InChI is InChI=1S/C22H24N2O3S/c1-4-27-22(26)16-8-6-15(7-9-16)12-24-14(3)23-20-19(21(24)25)17-10-5-13(2)11-18(17)28-20/h6-9,13H,4-5,10-12H2,1-3H3.